The van der Waals surface area contributed by atoms with Crippen LogP contribution in [0.5, 0.6) is 0 Å². The van der Waals surface area contributed by atoms with Crippen molar-refractivity contribution < 1.29 is 9.18 Å². The lowest BCUT2D eigenvalue weighted by Crippen LogP contribution is -2.35. The molecule has 0 bridgehead atoms. The average molecular weight is 422 g/mol. The number of carbonyl (C=O) groups is 1. The Morgan fingerprint density at radius 2 is 1.89 bits per heavy atom. The number of hydrogen-bond donors (Lipinski definition) is 0. The minimum atomic E-state index is -0.239. The third-order valence-electron chi connectivity index (χ3n) is 4.48. The molecular weight excluding hydrogens is 405 g/mol. The van der Waals surface area contributed by atoms with Crippen molar-refractivity contribution in [3.05, 3.63) is 57.6 Å². The van der Waals surface area contributed by atoms with Gasteiger partial charge in [-0.2, -0.15) is 0 Å². The lowest BCUT2D eigenvalue weighted by molar-refractivity contribution is 0.0762. The van der Waals surface area contributed by atoms with E-state index in [9.17, 15) is 9.18 Å². The van der Waals surface area contributed by atoms with Crippen molar-refractivity contribution in [1.82, 2.24) is 9.88 Å². The van der Waals surface area contributed by atoms with Gasteiger partial charge < -0.3 is 9.80 Å². The van der Waals surface area contributed by atoms with E-state index >= 15 is 0 Å². The second-order valence-electron chi connectivity index (χ2n) is 6.25. The first-order valence-corrected chi connectivity index (χ1v) is 10.7. The summed E-state index contributed by atoms with van der Waals surface area (Å²) < 4.78 is 13.8. The highest BCUT2D eigenvalue weighted by atomic mass is 35.5. The van der Waals surface area contributed by atoms with Crippen LogP contribution >= 0.6 is 34.3 Å². The summed E-state index contributed by atoms with van der Waals surface area (Å²) in [5, 5.41) is 2.63. The van der Waals surface area contributed by atoms with Crippen molar-refractivity contribution in [2.24, 2.45) is 0 Å². The molecule has 0 spiro atoms. The number of carbonyl (C=O) groups excluding carboxylic acids is 1. The number of thiophene rings is 1. The number of anilines is 1. The number of hydrogen-bond acceptors (Lipinski definition) is 5. The van der Waals surface area contributed by atoms with E-state index in [1.807, 2.05) is 22.4 Å². The molecule has 0 aliphatic carbocycles. The van der Waals surface area contributed by atoms with Crippen LogP contribution in [0.1, 0.15) is 16.9 Å². The normalized spacial score (nSPS) is 15.0. The summed E-state index contributed by atoms with van der Waals surface area (Å²) in [4.78, 5) is 22.4. The van der Waals surface area contributed by atoms with Crippen molar-refractivity contribution in [2.75, 3.05) is 31.1 Å². The summed E-state index contributed by atoms with van der Waals surface area (Å²) in [7, 11) is 0. The van der Waals surface area contributed by atoms with Crippen LogP contribution in [0, 0.1) is 5.82 Å². The molecule has 1 aromatic carbocycles. The quantitative estimate of drug-likeness (QED) is 0.596. The predicted molar refractivity (Wildman–Crippen MR) is 110 cm³/mol. The summed E-state index contributed by atoms with van der Waals surface area (Å²) >= 11 is 8.91. The molecule has 0 unspecified atom stereocenters. The van der Waals surface area contributed by atoms with E-state index in [1.165, 1.54) is 34.8 Å². The summed E-state index contributed by atoms with van der Waals surface area (Å²) in [6.45, 7) is 2.86. The number of aromatic nitrogens is 1. The molecule has 0 saturated carbocycles. The van der Waals surface area contributed by atoms with E-state index in [0.29, 0.717) is 23.1 Å². The minimum absolute atomic E-state index is 0.0406. The van der Waals surface area contributed by atoms with Gasteiger partial charge in [-0.1, -0.05) is 11.6 Å². The van der Waals surface area contributed by atoms with Crippen LogP contribution < -0.4 is 4.90 Å². The largest absolute Gasteiger partial charge is 0.370 e. The van der Waals surface area contributed by atoms with Crippen molar-refractivity contribution in [2.45, 2.75) is 6.42 Å². The van der Waals surface area contributed by atoms with Crippen LogP contribution in [0.15, 0.2) is 41.8 Å². The Balaban J connectivity index is 1.44. The standard InChI is InChI=1S/C19H17ClFN3OS2/c20-17-7-6-16(27-17)18-22-15(12-26-18)19(25)24-9-1-8-23(10-11-24)14-4-2-13(21)3-5-14/h2-7,12H,1,8-11H2. The smallest absolute Gasteiger partial charge is 0.273 e. The highest BCUT2D eigenvalue weighted by Gasteiger charge is 2.23. The molecule has 3 heterocycles. The molecule has 3 aromatic rings. The topological polar surface area (TPSA) is 36.4 Å². The molecular formula is C19H17ClFN3OS2. The Morgan fingerprint density at radius 1 is 1.07 bits per heavy atom. The molecule has 4 nitrogen and oxygen atoms in total. The Hall–Kier alpha value is -1.96. The summed E-state index contributed by atoms with van der Waals surface area (Å²) in [5.41, 5.74) is 1.46. The molecule has 2 aromatic heterocycles. The van der Waals surface area contributed by atoms with E-state index in [0.717, 1.165) is 35.1 Å². The second kappa shape index (κ2) is 7.96. The number of rotatable bonds is 3. The molecule has 4 rings (SSSR count). The molecule has 1 fully saturated rings. The molecule has 0 radical (unpaired) electrons. The monoisotopic (exact) mass is 421 g/mol. The first-order chi connectivity index (χ1) is 13.1. The molecule has 140 valence electrons. The van der Waals surface area contributed by atoms with Gasteiger partial charge in [0.1, 0.15) is 16.5 Å². The van der Waals surface area contributed by atoms with Gasteiger partial charge in [0.2, 0.25) is 0 Å². The fraction of sp³-hybridized carbons (Fsp3) is 0.263. The third-order valence-corrected chi connectivity index (χ3v) is 6.72. The van der Waals surface area contributed by atoms with Crippen molar-refractivity contribution in [3.8, 4) is 9.88 Å². The van der Waals surface area contributed by atoms with Crippen LogP contribution in [0.3, 0.4) is 0 Å². The van der Waals surface area contributed by atoms with E-state index in [2.05, 4.69) is 9.88 Å². The lowest BCUT2D eigenvalue weighted by atomic mass is 10.2. The van der Waals surface area contributed by atoms with Crippen molar-refractivity contribution >= 4 is 45.9 Å². The highest BCUT2D eigenvalue weighted by Crippen LogP contribution is 2.33. The Kier molecular flexibility index (Phi) is 5.43. The van der Waals surface area contributed by atoms with E-state index < -0.39 is 0 Å². The fourth-order valence-corrected chi connectivity index (χ4v) is 5.02. The van der Waals surface area contributed by atoms with Gasteiger partial charge in [0.15, 0.2) is 0 Å². The first-order valence-electron chi connectivity index (χ1n) is 8.61. The molecule has 1 aliphatic rings. The zero-order valence-electron chi connectivity index (χ0n) is 14.4. The van der Waals surface area contributed by atoms with E-state index in [4.69, 9.17) is 11.6 Å². The molecule has 8 heteroatoms. The average Bonchev–Trinajstić information content (AvgIpc) is 3.25. The van der Waals surface area contributed by atoms with Gasteiger partial charge in [0.25, 0.3) is 5.91 Å². The molecule has 0 atom stereocenters. The SMILES string of the molecule is O=C(c1csc(-c2ccc(Cl)s2)n1)N1CCCN(c2ccc(F)cc2)CC1. The van der Waals surface area contributed by atoms with Gasteiger partial charge in [0.05, 0.1) is 9.21 Å². The predicted octanol–water partition coefficient (Wildman–Crippen LogP) is 5.02. The van der Waals surface area contributed by atoms with Crippen LogP contribution in [0.2, 0.25) is 4.34 Å². The van der Waals surface area contributed by atoms with Gasteiger partial charge in [0, 0.05) is 37.2 Å². The molecule has 1 amide bonds. The summed E-state index contributed by atoms with van der Waals surface area (Å²) in [6, 6.07) is 10.3. The number of benzene rings is 1. The van der Waals surface area contributed by atoms with Crippen LogP contribution in [-0.2, 0) is 0 Å². The number of amides is 1. The second-order valence-corrected chi connectivity index (χ2v) is 8.82. The number of thiazole rings is 1. The van der Waals surface area contributed by atoms with Crippen LogP contribution in [0.25, 0.3) is 9.88 Å². The zero-order chi connectivity index (χ0) is 18.8. The first kappa shape index (κ1) is 18.4. The number of nitrogens with zero attached hydrogens (tertiary/aromatic N) is 3. The highest BCUT2D eigenvalue weighted by molar-refractivity contribution is 7.23. The van der Waals surface area contributed by atoms with Crippen molar-refractivity contribution in [3.63, 3.8) is 0 Å². The van der Waals surface area contributed by atoms with Gasteiger partial charge in [-0.05, 0) is 42.8 Å². The summed E-state index contributed by atoms with van der Waals surface area (Å²) in [6.07, 6.45) is 0.862. The Morgan fingerprint density at radius 3 is 2.63 bits per heavy atom. The maximum atomic E-state index is 13.1. The Bertz CT molecular complexity index is 941. The molecule has 1 saturated heterocycles. The molecule has 0 N–H and O–H groups in total. The zero-order valence-corrected chi connectivity index (χ0v) is 16.8. The van der Waals surface area contributed by atoms with Crippen molar-refractivity contribution in [1.29, 1.82) is 0 Å². The van der Waals surface area contributed by atoms with Gasteiger partial charge in [-0.15, -0.1) is 22.7 Å². The number of halogens is 2. The third kappa shape index (κ3) is 4.15. The molecule has 1 aliphatic heterocycles. The summed E-state index contributed by atoms with van der Waals surface area (Å²) in [5.74, 6) is -0.280. The minimum Gasteiger partial charge on any atom is -0.370 e. The maximum Gasteiger partial charge on any atom is 0.273 e. The van der Waals surface area contributed by atoms with Gasteiger partial charge >= 0.3 is 0 Å². The van der Waals surface area contributed by atoms with Crippen LogP contribution in [0.4, 0.5) is 10.1 Å². The molecule has 27 heavy (non-hydrogen) atoms. The van der Waals surface area contributed by atoms with Crippen LogP contribution in [-0.4, -0.2) is 42.0 Å². The van der Waals surface area contributed by atoms with E-state index in [-0.39, 0.29) is 11.7 Å². The maximum absolute atomic E-state index is 13.1. The van der Waals surface area contributed by atoms with E-state index in [1.54, 1.807) is 12.1 Å². The lowest BCUT2D eigenvalue weighted by Gasteiger charge is -2.23. The fourth-order valence-electron chi connectivity index (χ4n) is 3.11. The van der Waals surface area contributed by atoms with Gasteiger partial charge in [-0.25, -0.2) is 9.37 Å². The Labute approximate surface area is 169 Å². The van der Waals surface area contributed by atoms with Gasteiger partial charge in [-0.3, -0.25) is 4.79 Å².